The maximum Gasteiger partial charge on any atom is 0.328 e. The summed E-state index contributed by atoms with van der Waals surface area (Å²) in [6.07, 6.45) is 4.87. The Morgan fingerprint density at radius 3 is 2.86 bits per heavy atom. The Morgan fingerprint density at radius 1 is 1.24 bits per heavy atom. The van der Waals surface area contributed by atoms with E-state index in [-0.39, 0.29) is 12.0 Å². The van der Waals surface area contributed by atoms with Gasteiger partial charge in [-0.15, -0.1) is 0 Å². The molecule has 2 N–H and O–H groups in total. The van der Waals surface area contributed by atoms with Crippen molar-refractivity contribution in [2.24, 2.45) is 0 Å². The van der Waals surface area contributed by atoms with Crippen LogP contribution in [0.2, 0.25) is 5.02 Å². The first kappa shape index (κ1) is 13.3. The zero-order chi connectivity index (χ0) is 14.8. The maximum absolute atomic E-state index is 5.96. The number of aromatic nitrogens is 5. The highest BCUT2D eigenvalue weighted by Crippen LogP contribution is 2.26. The molecule has 0 fully saturated rings. The van der Waals surface area contributed by atoms with Gasteiger partial charge in [-0.25, -0.2) is 4.98 Å². The number of nitrogens with two attached hydrogens (primary N) is 1. The first-order valence-corrected chi connectivity index (χ1v) is 6.43. The van der Waals surface area contributed by atoms with Gasteiger partial charge in [-0.1, -0.05) is 17.7 Å². The molecule has 0 aliphatic rings. The summed E-state index contributed by atoms with van der Waals surface area (Å²) in [4.78, 5) is 16.1. The van der Waals surface area contributed by atoms with Crippen molar-refractivity contribution in [1.82, 2.24) is 24.5 Å². The molecule has 0 radical (unpaired) electrons. The SMILES string of the molecule is Cc1ccc(Cl)cc1Oc1nc(N)nc(-n2ccnc2)n1. The van der Waals surface area contributed by atoms with Crippen LogP contribution in [0.5, 0.6) is 11.8 Å². The number of hydrogen-bond acceptors (Lipinski definition) is 6. The van der Waals surface area contributed by atoms with Crippen molar-refractivity contribution in [1.29, 1.82) is 0 Å². The number of benzene rings is 1. The van der Waals surface area contributed by atoms with E-state index in [2.05, 4.69) is 19.9 Å². The van der Waals surface area contributed by atoms with Crippen LogP contribution in [0.25, 0.3) is 5.95 Å². The van der Waals surface area contributed by atoms with Gasteiger partial charge >= 0.3 is 6.01 Å². The molecule has 2 aromatic heterocycles. The summed E-state index contributed by atoms with van der Waals surface area (Å²) in [6, 6.07) is 5.41. The molecule has 3 aromatic rings. The Bertz CT molecular complexity index is 774. The summed E-state index contributed by atoms with van der Waals surface area (Å²) < 4.78 is 7.26. The number of nitrogen functional groups attached to an aromatic ring is 1. The van der Waals surface area contributed by atoms with Gasteiger partial charge < -0.3 is 10.5 Å². The van der Waals surface area contributed by atoms with E-state index in [1.54, 1.807) is 35.4 Å². The second-order valence-corrected chi connectivity index (χ2v) is 4.69. The number of aryl methyl sites for hydroxylation is 1. The zero-order valence-corrected chi connectivity index (χ0v) is 11.8. The van der Waals surface area contributed by atoms with Gasteiger partial charge in [0.05, 0.1) is 0 Å². The molecule has 0 aliphatic heterocycles. The Hall–Kier alpha value is -2.67. The van der Waals surface area contributed by atoms with Gasteiger partial charge in [0.1, 0.15) is 12.1 Å². The van der Waals surface area contributed by atoms with Gasteiger partial charge in [0, 0.05) is 17.4 Å². The molecule has 2 heterocycles. The predicted octanol–water partition coefficient (Wildman–Crippen LogP) is 2.39. The third-order valence-corrected chi connectivity index (χ3v) is 2.94. The van der Waals surface area contributed by atoms with Crippen LogP contribution in [-0.2, 0) is 0 Å². The quantitative estimate of drug-likeness (QED) is 0.798. The predicted molar refractivity (Wildman–Crippen MR) is 77.6 cm³/mol. The standard InChI is InChI=1S/C13H11ClN6O/c1-8-2-3-9(14)6-10(8)21-13-18-11(15)17-12(19-13)20-5-4-16-7-20/h2-7H,1H3,(H2,15,17,18,19). The van der Waals surface area contributed by atoms with E-state index in [9.17, 15) is 0 Å². The molecule has 8 heteroatoms. The van der Waals surface area contributed by atoms with Gasteiger partial charge in [0.25, 0.3) is 0 Å². The van der Waals surface area contributed by atoms with Crippen LogP contribution in [0.4, 0.5) is 5.95 Å². The largest absolute Gasteiger partial charge is 0.424 e. The van der Waals surface area contributed by atoms with Crippen molar-refractivity contribution in [2.75, 3.05) is 5.73 Å². The first-order chi connectivity index (χ1) is 10.1. The van der Waals surface area contributed by atoms with Gasteiger partial charge in [-0.3, -0.25) is 4.57 Å². The lowest BCUT2D eigenvalue weighted by Gasteiger charge is -2.09. The Kier molecular flexibility index (Phi) is 3.41. The van der Waals surface area contributed by atoms with E-state index in [4.69, 9.17) is 22.1 Å². The fraction of sp³-hybridized carbons (Fsp3) is 0.0769. The van der Waals surface area contributed by atoms with Gasteiger partial charge in [-0.05, 0) is 24.6 Å². The van der Waals surface area contributed by atoms with Crippen molar-refractivity contribution in [3.8, 4) is 17.7 Å². The first-order valence-electron chi connectivity index (χ1n) is 6.06. The molecule has 3 rings (SSSR count). The lowest BCUT2D eigenvalue weighted by atomic mass is 10.2. The number of rotatable bonds is 3. The summed E-state index contributed by atoms with van der Waals surface area (Å²) in [5, 5.41) is 0.562. The molecule has 106 valence electrons. The van der Waals surface area contributed by atoms with Gasteiger partial charge in [0.2, 0.25) is 11.9 Å². The highest BCUT2D eigenvalue weighted by Gasteiger charge is 2.10. The number of hydrogen-bond donors (Lipinski definition) is 1. The number of imidazole rings is 1. The summed E-state index contributed by atoms with van der Waals surface area (Å²) in [5.74, 6) is 0.947. The normalized spacial score (nSPS) is 10.6. The van der Waals surface area contributed by atoms with Crippen LogP contribution >= 0.6 is 11.6 Å². The molecule has 0 amide bonds. The molecule has 0 saturated heterocycles. The third-order valence-electron chi connectivity index (χ3n) is 2.71. The second-order valence-electron chi connectivity index (χ2n) is 4.26. The summed E-state index contributed by atoms with van der Waals surface area (Å²) >= 11 is 5.96. The van der Waals surface area contributed by atoms with Crippen LogP contribution in [0, 0.1) is 6.92 Å². The van der Waals surface area contributed by atoms with E-state index < -0.39 is 0 Å². The van der Waals surface area contributed by atoms with Crippen molar-refractivity contribution in [3.63, 3.8) is 0 Å². The highest BCUT2D eigenvalue weighted by molar-refractivity contribution is 6.30. The third kappa shape index (κ3) is 2.92. The highest BCUT2D eigenvalue weighted by atomic mass is 35.5. The molecule has 0 bridgehead atoms. The molecular formula is C13H11ClN6O. The van der Waals surface area contributed by atoms with Crippen LogP contribution < -0.4 is 10.5 Å². The molecule has 0 saturated carbocycles. The Morgan fingerprint density at radius 2 is 2.10 bits per heavy atom. The van der Waals surface area contributed by atoms with Crippen molar-refractivity contribution in [3.05, 3.63) is 47.5 Å². The maximum atomic E-state index is 5.96. The van der Waals surface area contributed by atoms with E-state index >= 15 is 0 Å². The Labute approximate surface area is 125 Å². The van der Waals surface area contributed by atoms with Crippen LogP contribution in [0.1, 0.15) is 5.56 Å². The van der Waals surface area contributed by atoms with E-state index in [1.807, 2.05) is 13.0 Å². The van der Waals surface area contributed by atoms with E-state index in [1.165, 1.54) is 0 Å². The number of nitrogens with zero attached hydrogens (tertiary/aromatic N) is 5. The second kappa shape index (κ2) is 5.37. The van der Waals surface area contributed by atoms with Crippen LogP contribution in [0.15, 0.2) is 36.9 Å². The summed E-state index contributed by atoms with van der Waals surface area (Å²) in [7, 11) is 0. The van der Waals surface area contributed by atoms with Crippen LogP contribution in [0.3, 0.4) is 0 Å². The van der Waals surface area contributed by atoms with Crippen LogP contribution in [-0.4, -0.2) is 24.5 Å². The molecule has 0 atom stereocenters. The molecule has 0 spiro atoms. The Balaban J connectivity index is 1.97. The summed E-state index contributed by atoms with van der Waals surface area (Å²) in [6.45, 7) is 1.90. The van der Waals surface area contributed by atoms with Crippen molar-refractivity contribution >= 4 is 17.5 Å². The van der Waals surface area contributed by atoms with Crippen molar-refractivity contribution in [2.45, 2.75) is 6.92 Å². The molecule has 1 aromatic carbocycles. The molecular weight excluding hydrogens is 292 g/mol. The fourth-order valence-electron chi connectivity index (χ4n) is 1.68. The monoisotopic (exact) mass is 302 g/mol. The van der Waals surface area contributed by atoms with Gasteiger partial charge in [-0.2, -0.15) is 15.0 Å². The topological polar surface area (TPSA) is 91.7 Å². The minimum Gasteiger partial charge on any atom is -0.424 e. The molecule has 0 unspecified atom stereocenters. The lowest BCUT2D eigenvalue weighted by Crippen LogP contribution is -2.06. The summed E-state index contributed by atoms with van der Waals surface area (Å²) in [5.41, 5.74) is 6.59. The molecule has 21 heavy (non-hydrogen) atoms. The number of ether oxygens (including phenoxy) is 1. The number of anilines is 1. The number of halogens is 1. The average Bonchev–Trinajstić information content (AvgIpc) is 2.96. The zero-order valence-electron chi connectivity index (χ0n) is 11.1. The molecule has 7 nitrogen and oxygen atoms in total. The average molecular weight is 303 g/mol. The minimum absolute atomic E-state index is 0.0587. The molecule has 0 aliphatic carbocycles. The van der Waals surface area contributed by atoms with Gasteiger partial charge in [0.15, 0.2) is 0 Å². The lowest BCUT2D eigenvalue weighted by molar-refractivity contribution is 0.436. The van der Waals surface area contributed by atoms with Crippen molar-refractivity contribution < 1.29 is 4.74 Å². The smallest absolute Gasteiger partial charge is 0.328 e. The minimum atomic E-state index is 0.0587. The fourth-order valence-corrected chi connectivity index (χ4v) is 1.84. The van der Waals surface area contributed by atoms with E-state index in [0.29, 0.717) is 16.7 Å². The van der Waals surface area contributed by atoms with E-state index in [0.717, 1.165) is 5.56 Å².